The van der Waals surface area contributed by atoms with E-state index in [1.165, 1.54) is 0 Å². The summed E-state index contributed by atoms with van der Waals surface area (Å²) in [4.78, 5) is 20.0. The van der Waals surface area contributed by atoms with Crippen LogP contribution in [0.3, 0.4) is 0 Å². The van der Waals surface area contributed by atoms with Crippen molar-refractivity contribution in [3.8, 4) is 39.9 Å². The van der Waals surface area contributed by atoms with Crippen LogP contribution in [-0.4, -0.2) is 19.5 Å². The lowest BCUT2D eigenvalue weighted by Crippen LogP contribution is -2.09. The van der Waals surface area contributed by atoms with Gasteiger partial charge in [-0.15, -0.1) is 0 Å². The Kier molecular flexibility index (Phi) is 9.76. The maximum atomic E-state index is 5.19. The number of benzene rings is 9. The van der Waals surface area contributed by atoms with Gasteiger partial charge in [0.1, 0.15) is 0 Å². The van der Waals surface area contributed by atoms with Crippen LogP contribution in [0.4, 0.5) is 34.1 Å². The minimum Gasteiger partial charge on any atom is -0.310 e. The number of anilines is 6. The van der Waals surface area contributed by atoms with Crippen molar-refractivity contribution < 1.29 is 0 Å². The molecule has 11 aromatic rings. The van der Waals surface area contributed by atoms with Crippen LogP contribution in [0.5, 0.6) is 0 Å². The van der Waals surface area contributed by atoms with Crippen LogP contribution in [0, 0.1) is 0 Å². The van der Waals surface area contributed by atoms with Gasteiger partial charge in [-0.1, -0.05) is 146 Å². The first-order valence-electron chi connectivity index (χ1n) is 21.1. The zero-order chi connectivity index (χ0) is 42.0. The van der Waals surface area contributed by atoms with Crippen molar-refractivity contribution in [3.63, 3.8) is 0 Å². The summed E-state index contributed by atoms with van der Waals surface area (Å²) in [5.74, 6) is 1.84. The van der Waals surface area contributed by atoms with Crippen molar-refractivity contribution in [3.05, 3.63) is 243 Å². The van der Waals surface area contributed by atoms with Gasteiger partial charge >= 0.3 is 0 Å². The van der Waals surface area contributed by atoms with Crippen molar-refractivity contribution in [2.45, 2.75) is 0 Å². The summed E-state index contributed by atoms with van der Waals surface area (Å²) in [6.07, 6.45) is 0. The van der Waals surface area contributed by atoms with Gasteiger partial charge in [-0.3, -0.25) is 0 Å². The van der Waals surface area contributed by atoms with Gasteiger partial charge in [-0.25, -0.2) is 15.0 Å². The summed E-state index contributed by atoms with van der Waals surface area (Å²) in [6, 6.07) is 84.6. The Hall–Kier alpha value is -8.61. The zero-order valence-electron chi connectivity index (χ0n) is 34.3. The molecule has 0 fully saturated rings. The Morgan fingerprint density at radius 3 is 1.02 bits per heavy atom. The van der Waals surface area contributed by atoms with Crippen LogP contribution in [-0.2, 0) is 0 Å². The predicted molar refractivity (Wildman–Crippen MR) is 260 cm³/mol. The van der Waals surface area contributed by atoms with Crippen molar-refractivity contribution >= 4 is 55.9 Å². The second kappa shape index (κ2) is 16.4. The van der Waals surface area contributed by atoms with Gasteiger partial charge < -0.3 is 14.4 Å². The van der Waals surface area contributed by atoms with Crippen LogP contribution >= 0.6 is 0 Å². The SMILES string of the molecule is c1ccc(-c2nc(-c3ccccc3)nc(-c3ccccc3-n3c4ccc(N(c5ccccc5)c5ccccc5)cc4c4cc(N(c5ccccc5)c5ccccc5)ccc43)n2)cc1. The fourth-order valence-electron chi connectivity index (χ4n) is 8.53. The van der Waals surface area contributed by atoms with Gasteiger partial charge in [0.15, 0.2) is 17.5 Å². The molecule has 2 aromatic heterocycles. The van der Waals surface area contributed by atoms with E-state index in [1.807, 2.05) is 60.7 Å². The minimum atomic E-state index is 0.597. The molecular formula is C57H40N6. The number of rotatable bonds is 10. The first kappa shape index (κ1) is 37.4. The molecule has 0 aliphatic rings. The highest BCUT2D eigenvalue weighted by Gasteiger charge is 2.22. The number of para-hydroxylation sites is 5. The molecule has 63 heavy (non-hydrogen) atoms. The average molecular weight is 809 g/mol. The third kappa shape index (κ3) is 7.15. The standard InChI is InChI=1S/C57H40N6/c1-7-21-41(22-8-1)55-58-56(42-23-9-2-10-24-42)60-57(59-55)49-33-19-20-34-52(49)63-53-37-35-47(61(43-25-11-3-12-26-43)44-27-13-4-14-28-44)39-50(53)51-40-48(36-38-54(51)63)62(45-29-15-5-16-30-45)46-31-17-6-18-32-46/h1-40H. The fraction of sp³-hybridized carbons (Fsp3) is 0. The fourth-order valence-corrected chi connectivity index (χ4v) is 8.53. The van der Waals surface area contributed by atoms with Gasteiger partial charge in [0, 0.05) is 61.6 Å². The summed E-state index contributed by atoms with van der Waals surface area (Å²) in [6.45, 7) is 0. The molecule has 0 N–H and O–H groups in total. The summed E-state index contributed by atoms with van der Waals surface area (Å²) < 4.78 is 2.37. The van der Waals surface area contributed by atoms with E-state index in [-0.39, 0.29) is 0 Å². The quantitative estimate of drug-likeness (QED) is 0.138. The van der Waals surface area contributed by atoms with Crippen LogP contribution in [0.1, 0.15) is 0 Å². The first-order valence-corrected chi connectivity index (χ1v) is 21.1. The molecule has 0 saturated heterocycles. The first-order chi connectivity index (χ1) is 31.3. The van der Waals surface area contributed by atoms with Crippen LogP contribution in [0.15, 0.2) is 243 Å². The Balaban J connectivity index is 1.17. The summed E-state index contributed by atoms with van der Waals surface area (Å²) in [7, 11) is 0. The van der Waals surface area contributed by atoms with E-state index in [1.54, 1.807) is 0 Å². The molecule has 9 aromatic carbocycles. The van der Waals surface area contributed by atoms with E-state index in [9.17, 15) is 0 Å². The van der Waals surface area contributed by atoms with Gasteiger partial charge in [0.25, 0.3) is 0 Å². The molecular weight excluding hydrogens is 769 g/mol. The second-order valence-corrected chi connectivity index (χ2v) is 15.3. The lowest BCUT2D eigenvalue weighted by molar-refractivity contribution is 1.06. The number of nitrogens with zero attached hydrogens (tertiary/aromatic N) is 6. The van der Waals surface area contributed by atoms with Gasteiger partial charge in [-0.05, 0) is 97.1 Å². The maximum Gasteiger partial charge on any atom is 0.166 e. The molecule has 0 radical (unpaired) electrons. The van der Waals surface area contributed by atoms with Gasteiger partial charge in [0.2, 0.25) is 0 Å². The lowest BCUT2D eigenvalue weighted by Gasteiger charge is -2.26. The molecule has 0 amide bonds. The molecule has 0 aliphatic carbocycles. The largest absolute Gasteiger partial charge is 0.310 e. The molecule has 2 heterocycles. The monoisotopic (exact) mass is 808 g/mol. The molecule has 0 bridgehead atoms. The molecule has 298 valence electrons. The number of fused-ring (bicyclic) bond motifs is 3. The molecule has 0 spiro atoms. The summed E-state index contributed by atoms with van der Waals surface area (Å²) in [5.41, 5.74) is 12.3. The van der Waals surface area contributed by atoms with E-state index >= 15 is 0 Å². The summed E-state index contributed by atoms with van der Waals surface area (Å²) >= 11 is 0. The number of hydrogen-bond donors (Lipinski definition) is 0. The van der Waals surface area contributed by atoms with Gasteiger partial charge in [0.05, 0.1) is 16.7 Å². The van der Waals surface area contributed by atoms with Crippen molar-refractivity contribution in [1.29, 1.82) is 0 Å². The Labute approximate surface area is 366 Å². The molecule has 0 saturated carbocycles. The lowest BCUT2D eigenvalue weighted by atomic mass is 10.1. The topological polar surface area (TPSA) is 50.1 Å². The van der Waals surface area contributed by atoms with Crippen molar-refractivity contribution in [2.24, 2.45) is 0 Å². The Morgan fingerprint density at radius 2 is 0.619 bits per heavy atom. The molecule has 6 nitrogen and oxygen atoms in total. The normalized spacial score (nSPS) is 11.2. The smallest absolute Gasteiger partial charge is 0.166 e. The Morgan fingerprint density at radius 1 is 0.286 bits per heavy atom. The zero-order valence-corrected chi connectivity index (χ0v) is 34.3. The van der Waals surface area contributed by atoms with Crippen LogP contribution in [0.2, 0.25) is 0 Å². The maximum absolute atomic E-state index is 5.19. The molecule has 0 unspecified atom stereocenters. The minimum absolute atomic E-state index is 0.597. The van der Waals surface area contributed by atoms with Crippen molar-refractivity contribution in [2.75, 3.05) is 9.80 Å². The number of hydrogen-bond acceptors (Lipinski definition) is 5. The molecule has 6 heteroatoms. The highest BCUT2D eigenvalue weighted by molar-refractivity contribution is 6.12. The van der Waals surface area contributed by atoms with E-state index in [2.05, 4.69) is 196 Å². The van der Waals surface area contributed by atoms with E-state index in [0.29, 0.717) is 17.5 Å². The second-order valence-electron chi connectivity index (χ2n) is 15.3. The van der Waals surface area contributed by atoms with E-state index in [0.717, 1.165) is 78.3 Å². The molecule has 0 aliphatic heterocycles. The third-order valence-corrected chi connectivity index (χ3v) is 11.4. The third-order valence-electron chi connectivity index (χ3n) is 11.4. The van der Waals surface area contributed by atoms with Gasteiger partial charge in [-0.2, -0.15) is 0 Å². The Bertz CT molecular complexity index is 3040. The predicted octanol–water partition coefficient (Wildman–Crippen LogP) is 14.9. The number of aromatic nitrogens is 4. The highest BCUT2D eigenvalue weighted by Crippen LogP contribution is 2.43. The van der Waals surface area contributed by atoms with Crippen molar-refractivity contribution in [1.82, 2.24) is 19.5 Å². The van der Waals surface area contributed by atoms with Crippen LogP contribution in [0.25, 0.3) is 61.7 Å². The van der Waals surface area contributed by atoms with E-state index in [4.69, 9.17) is 15.0 Å². The molecule has 11 rings (SSSR count). The van der Waals surface area contributed by atoms with Crippen LogP contribution < -0.4 is 9.80 Å². The molecule has 0 atom stereocenters. The van der Waals surface area contributed by atoms with E-state index < -0.39 is 0 Å². The average Bonchev–Trinajstić information content (AvgIpc) is 3.69. The summed E-state index contributed by atoms with van der Waals surface area (Å²) in [5, 5.41) is 2.23. The highest BCUT2D eigenvalue weighted by atomic mass is 15.2.